The SMILES string of the molecule is CCOC(=O)CSc1cc(O)cc(=O)[nH]1. The van der Waals surface area contributed by atoms with Gasteiger partial charge in [-0.15, -0.1) is 0 Å². The molecule has 0 saturated heterocycles. The van der Waals surface area contributed by atoms with Crippen LogP contribution in [-0.2, 0) is 9.53 Å². The summed E-state index contributed by atoms with van der Waals surface area (Å²) in [6.07, 6.45) is 0. The molecular weight excluding hydrogens is 218 g/mol. The molecule has 5 nitrogen and oxygen atoms in total. The lowest BCUT2D eigenvalue weighted by molar-refractivity contribution is -0.139. The molecule has 0 saturated carbocycles. The van der Waals surface area contributed by atoms with Crippen molar-refractivity contribution in [3.63, 3.8) is 0 Å². The molecule has 15 heavy (non-hydrogen) atoms. The number of nitrogens with one attached hydrogen (secondary N) is 1. The first-order valence-corrected chi connectivity index (χ1v) is 5.32. The Hall–Kier alpha value is -1.43. The van der Waals surface area contributed by atoms with Crippen LogP contribution in [0.5, 0.6) is 5.75 Å². The number of esters is 1. The molecular formula is C9H11NO4S. The van der Waals surface area contributed by atoms with Gasteiger partial charge < -0.3 is 14.8 Å². The largest absolute Gasteiger partial charge is 0.508 e. The second-order valence-electron chi connectivity index (χ2n) is 2.66. The number of hydrogen-bond donors (Lipinski definition) is 2. The summed E-state index contributed by atoms with van der Waals surface area (Å²) in [5.74, 6) is -0.371. The maximum absolute atomic E-state index is 11.0. The molecule has 0 amide bonds. The third-order valence-electron chi connectivity index (χ3n) is 1.46. The molecule has 0 radical (unpaired) electrons. The zero-order valence-corrected chi connectivity index (χ0v) is 8.97. The maximum Gasteiger partial charge on any atom is 0.316 e. The number of aromatic amines is 1. The first-order valence-electron chi connectivity index (χ1n) is 4.33. The molecule has 6 heteroatoms. The van der Waals surface area contributed by atoms with E-state index in [4.69, 9.17) is 9.84 Å². The van der Waals surface area contributed by atoms with Crippen molar-refractivity contribution in [3.8, 4) is 5.75 Å². The van der Waals surface area contributed by atoms with Crippen LogP contribution in [0.15, 0.2) is 22.0 Å². The average molecular weight is 229 g/mol. The third kappa shape index (κ3) is 4.07. The van der Waals surface area contributed by atoms with Gasteiger partial charge in [0.25, 0.3) is 5.56 Å². The topological polar surface area (TPSA) is 79.4 Å². The molecule has 82 valence electrons. The summed E-state index contributed by atoms with van der Waals surface area (Å²) in [6.45, 7) is 2.05. The van der Waals surface area contributed by atoms with E-state index in [1.54, 1.807) is 6.92 Å². The van der Waals surface area contributed by atoms with Crippen LogP contribution in [0.25, 0.3) is 0 Å². The first kappa shape index (κ1) is 11.6. The molecule has 0 aliphatic carbocycles. The number of aromatic hydroxyl groups is 1. The maximum atomic E-state index is 11.0. The summed E-state index contributed by atoms with van der Waals surface area (Å²) in [6, 6.07) is 2.44. The van der Waals surface area contributed by atoms with Gasteiger partial charge in [0.2, 0.25) is 0 Å². The van der Waals surface area contributed by atoms with Crippen LogP contribution < -0.4 is 5.56 Å². The molecule has 0 aliphatic rings. The fraction of sp³-hybridized carbons (Fsp3) is 0.333. The van der Waals surface area contributed by atoms with E-state index in [-0.39, 0.29) is 17.5 Å². The Labute approximate surface area is 90.5 Å². The smallest absolute Gasteiger partial charge is 0.316 e. The molecule has 0 atom stereocenters. The molecule has 0 fully saturated rings. The predicted molar refractivity (Wildman–Crippen MR) is 56.1 cm³/mol. The fourth-order valence-corrected chi connectivity index (χ4v) is 1.65. The lowest BCUT2D eigenvalue weighted by atomic mass is 10.5. The molecule has 0 aliphatic heterocycles. The van der Waals surface area contributed by atoms with E-state index < -0.39 is 5.56 Å². The van der Waals surface area contributed by atoms with Crippen LogP contribution in [0.3, 0.4) is 0 Å². The Bertz CT molecular complexity index is 401. The molecule has 2 N–H and O–H groups in total. The van der Waals surface area contributed by atoms with E-state index in [1.165, 1.54) is 6.07 Å². The van der Waals surface area contributed by atoms with Crippen LogP contribution in [0.4, 0.5) is 0 Å². The van der Waals surface area contributed by atoms with Gasteiger partial charge >= 0.3 is 5.97 Å². The van der Waals surface area contributed by atoms with Crippen molar-refractivity contribution in [2.24, 2.45) is 0 Å². The summed E-state index contributed by atoms with van der Waals surface area (Å²) in [7, 11) is 0. The van der Waals surface area contributed by atoms with Gasteiger partial charge in [0.15, 0.2) is 0 Å². The molecule has 0 aromatic carbocycles. The van der Waals surface area contributed by atoms with Crippen molar-refractivity contribution >= 4 is 17.7 Å². The van der Waals surface area contributed by atoms with Gasteiger partial charge in [0.1, 0.15) is 5.75 Å². The number of aromatic nitrogens is 1. The lowest BCUT2D eigenvalue weighted by Crippen LogP contribution is -2.08. The summed E-state index contributed by atoms with van der Waals surface area (Å²) in [5.41, 5.74) is -0.402. The molecule has 1 heterocycles. The Morgan fingerprint density at radius 3 is 2.93 bits per heavy atom. The quantitative estimate of drug-likeness (QED) is 0.588. The number of hydrogen-bond acceptors (Lipinski definition) is 5. The number of pyridine rings is 1. The van der Waals surface area contributed by atoms with Crippen molar-refractivity contribution in [3.05, 3.63) is 22.5 Å². The Morgan fingerprint density at radius 2 is 2.33 bits per heavy atom. The second-order valence-corrected chi connectivity index (χ2v) is 3.68. The average Bonchev–Trinajstić information content (AvgIpc) is 2.14. The van der Waals surface area contributed by atoms with E-state index in [9.17, 15) is 9.59 Å². The zero-order chi connectivity index (χ0) is 11.3. The summed E-state index contributed by atoms with van der Waals surface area (Å²) in [4.78, 5) is 24.4. The highest BCUT2D eigenvalue weighted by molar-refractivity contribution is 7.99. The highest BCUT2D eigenvalue weighted by Crippen LogP contribution is 2.17. The molecule has 1 aromatic rings. The molecule has 0 unspecified atom stereocenters. The number of carbonyl (C=O) groups excluding carboxylic acids is 1. The van der Waals surface area contributed by atoms with Gasteiger partial charge in [0, 0.05) is 12.1 Å². The van der Waals surface area contributed by atoms with Crippen molar-refractivity contribution in [1.82, 2.24) is 4.98 Å². The first-order chi connectivity index (χ1) is 7.11. The summed E-state index contributed by atoms with van der Waals surface area (Å²) < 4.78 is 4.71. The van der Waals surface area contributed by atoms with Crippen LogP contribution >= 0.6 is 11.8 Å². The number of carbonyl (C=O) groups is 1. The molecule has 0 bridgehead atoms. The van der Waals surface area contributed by atoms with Crippen molar-refractivity contribution in [2.45, 2.75) is 11.9 Å². The standard InChI is InChI=1S/C9H11NO4S/c1-2-14-9(13)5-15-8-4-6(11)3-7(12)10-8/h3-4H,2,5H2,1H3,(H2,10,11,12). The van der Waals surface area contributed by atoms with Crippen LogP contribution in [-0.4, -0.2) is 28.4 Å². The second kappa shape index (κ2) is 5.45. The van der Waals surface area contributed by atoms with Crippen LogP contribution in [0.2, 0.25) is 0 Å². The van der Waals surface area contributed by atoms with Gasteiger partial charge in [-0.05, 0) is 6.92 Å². The Morgan fingerprint density at radius 1 is 1.60 bits per heavy atom. The van der Waals surface area contributed by atoms with E-state index in [1.807, 2.05) is 0 Å². The zero-order valence-electron chi connectivity index (χ0n) is 8.15. The number of H-pyrrole nitrogens is 1. The number of rotatable bonds is 4. The van der Waals surface area contributed by atoms with E-state index >= 15 is 0 Å². The highest BCUT2D eigenvalue weighted by atomic mass is 32.2. The van der Waals surface area contributed by atoms with Crippen LogP contribution in [0, 0.1) is 0 Å². The highest BCUT2D eigenvalue weighted by Gasteiger charge is 2.04. The fourth-order valence-electron chi connectivity index (χ4n) is 0.921. The minimum atomic E-state index is -0.402. The minimum Gasteiger partial charge on any atom is -0.508 e. The Balaban J connectivity index is 2.58. The van der Waals surface area contributed by atoms with E-state index in [0.717, 1.165) is 17.8 Å². The third-order valence-corrected chi connectivity index (χ3v) is 2.37. The van der Waals surface area contributed by atoms with Gasteiger partial charge in [-0.1, -0.05) is 11.8 Å². The van der Waals surface area contributed by atoms with Gasteiger partial charge in [0.05, 0.1) is 17.4 Å². The summed E-state index contributed by atoms with van der Waals surface area (Å²) in [5, 5.41) is 9.55. The molecule has 1 aromatic heterocycles. The summed E-state index contributed by atoms with van der Waals surface area (Å²) >= 11 is 1.11. The van der Waals surface area contributed by atoms with E-state index in [0.29, 0.717) is 11.6 Å². The Kier molecular flexibility index (Phi) is 4.23. The van der Waals surface area contributed by atoms with Gasteiger partial charge in [-0.2, -0.15) is 0 Å². The lowest BCUT2D eigenvalue weighted by Gasteiger charge is -2.02. The minimum absolute atomic E-state index is 0.104. The normalized spacial score (nSPS) is 9.93. The van der Waals surface area contributed by atoms with Crippen molar-refractivity contribution in [2.75, 3.05) is 12.4 Å². The number of ether oxygens (including phenoxy) is 1. The number of thioether (sulfide) groups is 1. The van der Waals surface area contributed by atoms with Gasteiger partial charge in [-0.3, -0.25) is 9.59 Å². The van der Waals surface area contributed by atoms with Crippen molar-refractivity contribution < 1.29 is 14.6 Å². The predicted octanol–water partition coefficient (Wildman–Crippen LogP) is 0.736. The van der Waals surface area contributed by atoms with Crippen molar-refractivity contribution in [1.29, 1.82) is 0 Å². The van der Waals surface area contributed by atoms with E-state index in [2.05, 4.69) is 4.98 Å². The van der Waals surface area contributed by atoms with Crippen LogP contribution in [0.1, 0.15) is 6.92 Å². The molecule has 1 rings (SSSR count). The molecule has 0 spiro atoms. The monoisotopic (exact) mass is 229 g/mol. The van der Waals surface area contributed by atoms with Gasteiger partial charge in [-0.25, -0.2) is 0 Å².